The van der Waals surface area contributed by atoms with Crippen LogP contribution in [0.4, 0.5) is 18.9 Å². The number of para-hydroxylation sites is 1. The van der Waals surface area contributed by atoms with E-state index in [0.717, 1.165) is 28.3 Å². The summed E-state index contributed by atoms with van der Waals surface area (Å²) in [6.07, 6.45) is -4.63. The van der Waals surface area contributed by atoms with Gasteiger partial charge in [-0.15, -0.1) is 11.3 Å². The van der Waals surface area contributed by atoms with Crippen LogP contribution in [0.1, 0.15) is 10.4 Å². The predicted molar refractivity (Wildman–Crippen MR) is 84.3 cm³/mol. The Hall–Kier alpha value is -1.91. The maximum atomic E-state index is 12.8. The third-order valence-electron chi connectivity index (χ3n) is 2.91. The van der Waals surface area contributed by atoms with Crippen molar-refractivity contribution in [3.63, 3.8) is 0 Å². The number of anilines is 1. The molecule has 0 saturated heterocycles. The molecule has 1 amide bonds. The molecule has 0 aliphatic carbocycles. The predicted octanol–water partition coefficient (Wildman–Crippen LogP) is 2.99. The van der Waals surface area contributed by atoms with Crippen LogP contribution in [0.2, 0.25) is 0 Å². The molecule has 0 spiro atoms. The van der Waals surface area contributed by atoms with Crippen molar-refractivity contribution in [2.75, 3.05) is 11.9 Å². The molecule has 1 heterocycles. The van der Waals surface area contributed by atoms with Crippen molar-refractivity contribution in [3.05, 3.63) is 46.8 Å². The van der Waals surface area contributed by atoms with Gasteiger partial charge in [0, 0.05) is 4.88 Å². The minimum Gasteiger partial charge on any atom is -0.324 e. The Kier molecular flexibility index (Phi) is 5.31. The number of halogens is 3. The lowest BCUT2D eigenvalue weighted by atomic mass is 10.1. The fraction of sp³-hybridized carbons (Fsp3) is 0.214. The molecule has 2 rings (SSSR count). The number of thiophene rings is 1. The van der Waals surface area contributed by atoms with E-state index >= 15 is 0 Å². The van der Waals surface area contributed by atoms with Gasteiger partial charge in [0.2, 0.25) is 5.91 Å². The number of carbonyl (C=O) groups is 1. The van der Waals surface area contributed by atoms with Crippen molar-refractivity contribution >= 4 is 33.0 Å². The van der Waals surface area contributed by atoms with E-state index in [1.807, 2.05) is 0 Å². The molecule has 0 aliphatic heterocycles. The van der Waals surface area contributed by atoms with Gasteiger partial charge < -0.3 is 5.32 Å². The second-order valence-electron chi connectivity index (χ2n) is 4.78. The van der Waals surface area contributed by atoms with E-state index in [2.05, 4.69) is 10.0 Å². The number of nitrogens with one attached hydrogen (secondary N) is 2. The van der Waals surface area contributed by atoms with Gasteiger partial charge in [-0.1, -0.05) is 12.1 Å². The smallest absolute Gasteiger partial charge is 0.324 e. The standard InChI is InChI=1S/C14H13F3N2O3S2/c1-9-6-7-13(23-9)24(21,22)18-8-12(20)19-11-5-3-2-4-10(11)14(15,16)17/h2-7,18H,8H2,1H3,(H,19,20). The highest BCUT2D eigenvalue weighted by Crippen LogP contribution is 2.34. The van der Waals surface area contributed by atoms with Crippen molar-refractivity contribution in [2.24, 2.45) is 0 Å². The first-order chi connectivity index (χ1) is 11.1. The Morgan fingerprint density at radius 3 is 2.42 bits per heavy atom. The molecule has 0 aliphatic rings. The highest BCUT2D eigenvalue weighted by Gasteiger charge is 2.33. The number of hydrogen-bond donors (Lipinski definition) is 2. The van der Waals surface area contributed by atoms with Crippen molar-refractivity contribution in [2.45, 2.75) is 17.3 Å². The molecule has 0 saturated carbocycles. The Balaban J connectivity index is 2.05. The Morgan fingerprint density at radius 1 is 1.17 bits per heavy atom. The zero-order valence-corrected chi connectivity index (χ0v) is 14.0. The molecule has 2 N–H and O–H groups in total. The fourth-order valence-corrected chi connectivity index (χ4v) is 4.13. The average molecular weight is 378 g/mol. The summed E-state index contributed by atoms with van der Waals surface area (Å²) in [5, 5.41) is 2.06. The number of sulfonamides is 1. The van der Waals surface area contributed by atoms with E-state index < -0.39 is 39.9 Å². The van der Waals surface area contributed by atoms with Crippen LogP contribution in [-0.4, -0.2) is 20.9 Å². The van der Waals surface area contributed by atoms with Crippen LogP contribution in [0.3, 0.4) is 0 Å². The number of alkyl halides is 3. The van der Waals surface area contributed by atoms with Gasteiger partial charge in [-0.2, -0.15) is 13.2 Å². The molecule has 10 heteroatoms. The molecule has 0 fully saturated rings. The van der Waals surface area contributed by atoms with E-state index in [0.29, 0.717) is 0 Å². The minimum absolute atomic E-state index is 0.0310. The maximum Gasteiger partial charge on any atom is 0.418 e. The number of rotatable bonds is 5. The van der Waals surface area contributed by atoms with E-state index in [9.17, 15) is 26.4 Å². The minimum atomic E-state index is -4.63. The summed E-state index contributed by atoms with van der Waals surface area (Å²) in [7, 11) is -3.88. The lowest BCUT2D eigenvalue weighted by Crippen LogP contribution is -2.33. The fourth-order valence-electron chi connectivity index (χ4n) is 1.82. The van der Waals surface area contributed by atoms with Gasteiger partial charge in [0.1, 0.15) is 4.21 Å². The zero-order valence-electron chi connectivity index (χ0n) is 12.3. The summed E-state index contributed by atoms with van der Waals surface area (Å²) in [6.45, 7) is 1.05. The molecule has 0 bridgehead atoms. The third kappa shape index (κ3) is 4.56. The van der Waals surface area contributed by atoms with Gasteiger partial charge in [0.25, 0.3) is 10.0 Å². The van der Waals surface area contributed by atoms with Gasteiger partial charge in [-0.25, -0.2) is 13.1 Å². The molecule has 0 radical (unpaired) electrons. The SMILES string of the molecule is Cc1ccc(S(=O)(=O)NCC(=O)Nc2ccccc2C(F)(F)F)s1. The topological polar surface area (TPSA) is 75.3 Å². The van der Waals surface area contributed by atoms with Gasteiger partial charge in [-0.05, 0) is 31.2 Å². The normalized spacial score (nSPS) is 12.2. The van der Waals surface area contributed by atoms with Crippen molar-refractivity contribution in [1.82, 2.24) is 4.72 Å². The molecule has 130 valence electrons. The number of aryl methyl sites for hydroxylation is 1. The lowest BCUT2D eigenvalue weighted by Gasteiger charge is -2.13. The molecule has 0 atom stereocenters. The number of amides is 1. The second kappa shape index (κ2) is 6.91. The van der Waals surface area contributed by atoms with Gasteiger partial charge in [0.05, 0.1) is 17.8 Å². The average Bonchev–Trinajstić information content (AvgIpc) is 2.92. The molecule has 5 nitrogen and oxygen atoms in total. The second-order valence-corrected chi connectivity index (χ2v) is 8.06. The molecular formula is C14H13F3N2O3S2. The quantitative estimate of drug-likeness (QED) is 0.840. The van der Waals surface area contributed by atoms with E-state index in [4.69, 9.17) is 0 Å². The van der Waals surface area contributed by atoms with Crippen LogP contribution in [0.15, 0.2) is 40.6 Å². The highest BCUT2D eigenvalue weighted by molar-refractivity contribution is 7.91. The molecule has 24 heavy (non-hydrogen) atoms. The van der Waals surface area contributed by atoms with Crippen LogP contribution in [0.25, 0.3) is 0 Å². The molecule has 1 aromatic carbocycles. The third-order valence-corrected chi connectivity index (χ3v) is 5.80. The molecule has 0 unspecified atom stereocenters. The van der Waals surface area contributed by atoms with Crippen LogP contribution < -0.4 is 10.0 Å². The Morgan fingerprint density at radius 2 is 1.83 bits per heavy atom. The first-order valence-corrected chi connectivity index (χ1v) is 8.92. The Bertz CT molecular complexity index is 845. The monoisotopic (exact) mass is 378 g/mol. The van der Waals surface area contributed by atoms with Gasteiger partial charge >= 0.3 is 6.18 Å². The zero-order chi connectivity index (χ0) is 18.0. The lowest BCUT2D eigenvalue weighted by molar-refractivity contribution is -0.137. The molecular weight excluding hydrogens is 365 g/mol. The maximum absolute atomic E-state index is 12.8. The largest absolute Gasteiger partial charge is 0.418 e. The van der Waals surface area contributed by atoms with Crippen LogP contribution in [-0.2, 0) is 21.0 Å². The summed E-state index contributed by atoms with van der Waals surface area (Å²) in [5.74, 6) is -0.899. The van der Waals surface area contributed by atoms with Gasteiger partial charge in [0.15, 0.2) is 0 Å². The number of hydrogen-bond acceptors (Lipinski definition) is 4. The van der Waals surface area contributed by atoms with Crippen LogP contribution in [0.5, 0.6) is 0 Å². The van der Waals surface area contributed by atoms with Crippen molar-refractivity contribution < 1.29 is 26.4 Å². The molecule has 2 aromatic rings. The van der Waals surface area contributed by atoms with E-state index in [1.165, 1.54) is 18.2 Å². The van der Waals surface area contributed by atoms with E-state index in [-0.39, 0.29) is 4.21 Å². The summed E-state index contributed by atoms with van der Waals surface area (Å²) >= 11 is 1.03. The number of benzene rings is 1. The van der Waals surface area contributed by atoms with Crippen molar-refractivity contribution in [1.29, 1.82) is 0 Å². The summed E-state index contributed by atoms with van der Waals surface area (Å²) < 4.78 is 64.5. The highest BCUT2D eigenvalue weighted by atomic mass is 32.2. The summed E-state index contributed by atoms with van der Waals surface area (Å²) in [5.41, 5.74) is -1.43. The number of carbonyl (C=O) groups excluding carboxylic acids is 1. The van der Waals surface area contributed by atoms with E-state index in [1.54, 1.807) is 13.0 Å². The van der Waals surface area contributed by atoms with Crippen molar-refractivity contribution in [3.8, 4) is 0 Å². The molecule has 1 aromatic heterocycles. The van der Waals surface area contributed by atoms with Crippen LogP contribution >= 0.6 is 11.3 Å². The van der Waals surface area contributed by atoms with Crippen LogP contribution in [0, 0.1) is 6.92 Å². The van der Waals surface area contributed by atoms with Gasteiger partial charge in [-0.3, -0.25) is 4.79 Å². The first kappa shape index (κ1) is 18.4. The Labute approximate surface area is 140 Å². The summed E-state index contributed by atoms with van der Waals surface area (Å²) in [6, 6.07) is 7.45. The summed E-state index contributed by atoms with van der Waals surface area (Å²) in [4.78, 5) is 12.5. The first-order valence-electron chi connectivity index (χ1n) is 6.62.